The molecule has 0 aromatic heterocycles. The average Bonchev–Trinajstić information content (AvgIpc) is 2.00. The minimum atomic E-state index is 0.248. The zero-order chi connectivity index (χ0) is 10.5. The molecule has 1 atom stereocenters. The Bertz CT molecular complexity index is 149. The van der Waals surface area contributed by atoms with E-state index in [9.17, 15) is 0 Å². The number of hydrogen-bond donors (Lipinski definition) is 1. The number of hydrogen-bond acceptors (Lipinski definition) is 1. The molecule has 0 radical (unpaired) electrons. The van der Waals surface area contributed by atoms with E-state index in [0.717, 1.165) is 12.5 Å². The molecule has 0 aliphatic carbocycles. The van der Waals surface area contributed by atoms with Crippen molar-refractivity contribution in [1.29, 1.82) is 0 Å². The highest BCUT2D eigenvalue weighted by molar-refractivity contribution is 4.93. The van der Waals surface area contributed by atoms with Crippen molar-refractivity contribution < 1.29 is 0 Å². The third kappa shape index (κ3) is 5.87. The van der Waals surface area contributed by atoms with Gasteiger partial charge in [0.2, 0.25) is 0 Å². The summed E-state index contributed by atoms with van der Waals surface area (Å²) in [6.07, 6.45) is 3.29. The Kier molecular flexibility index (Phi) is 5.31. The van der Waals surface area contributed by atoms with Gasteiger partial charge in [-0.2, -0.15) is 0 Å². The largest absolute Gasteiger partial charge is 0.314 e. The van der Waals surface area contributed by atoms with E-state index >= 15 is 0 Å². The Morgan fingerprint density at radius 1 is 1.31 bits per heavy atom. The van der Waals surface area contributed by atoms with Gasteiger partial charge in [-0.1, -0.05) is 40.7 Å². The lowest BCUT2D eigenvalue weighted by molar-refractivity contribution is 0.307. The van der Waals surface area contributed by atoms with Crippen LogP contribution in [0.1, 0.15) is 41.0 Å². The van der Waals surface area contributed by atoms with Crippen molar-refractivity contribution in [2.45, 2.75) is 47.1 Å². The molecule has 1 heteroatoms. The van der Waals surface area contributed by atoms with E-state index in [4.69, 9.17) is 0 Å². The first-order valence-electron chi connectivity index (χ1n) is 5.26. The lowest BCUT2D eigenvalue weighted by atomic mass is 9.82. The molecule has 0 amide bonds. The molecule has 0 fully saturated rings. The second kappa shape index (κ2) is 5.43. The average molecular weight is 183 g/mol. The molecule has 0 saturated heterocycles. The second-order valence-corrected chi connectivity index (χ2v) is 4.99. The molecule has 13 heavy (non-hydrogen) atoms. The topological polar surface area (TPSA) is 12.0 Å². The summed E-state index contributed by atoms with van der Waals surface area (Å²) in [6, 6.07) is 0.562. The number of rotatable bonds is 6. The highest BCUT2D eigenvalue weighted by Crippen LogP contribution is 2.26. The number of nitrogens with one attached hydrogen (secondary N) is 1. The van der Waals surface area contributed by atoms with Crippen molar-refractivity contribution in [3.8, 4) is 0 Å². The van der Waals surface area contributed by atoms with Crippen molar-refractivity contribution in [3.05, 3.63) is 12.7 Å². The van der Waals surface area contributed by atoms with Crippen LogP contribution in [-0.2, 0) is 0 Å². The molecule has 1 N–H and O–H groups in total. The lowest BCUT2D eigenvalue weighted by Crippen LogP contribution is -2.35. The maximum Gasteiger partial charge on any atom is 0.00422 e. The van der Waals surface area contributed by atoms with Crippen molar-refractivity contribution in [3.63, 3.8) is 0 Å². The summed E-state index contributed by atoms with van der Waals surface area (Å²) in [7, 11) is 0. The molecule has 0 rings (SSSR count). The Balaban J connectivity index is 4.03. The fourth-order valence-electron chi connectivity index (χ4n) is 1.60. The molecule has 0 spiro atoms. The maximum atomic E-state index is 3.92. The Hall–Kier alpha value is -0.300. The van der Waals surface area contributed by atoms with Gasteiger partial charge in [-0.3, -0.25) is 0 Å². The molecule has 0 aliphatic heterocycles. The molecule has 1 unspecified atom stereocenters. The minimum Gasteiger partial charge on any atom is -0.314 e. The predicted octanol–water partition coefficient (Wildman–Crippen LogP) is 3.22. The first-order valence-corrected chi connectivity index (χ1v) is 5.26. The summed E-state index contributed by atoms with van der Waals surface area (Å²) in [5, 5.41) is 3.47. The monoisotopic (exact) mass is 183 g/mol. The van der Waals surface area contributed by atoms with Gasteiger partial charge in [-0.05, 0) is 17.8 Å². The van der Waals surface area contributed by atoms with Crippen molar-refractivity contribution in [2.24, 2.45) is 11.3 Å². The fourth-order valence-corrected chi connectivity index (χ4v) is 1.60. The Morgan fingerprint density at radius 3 is 2.15 bits per heavy atom. The summed E-state index contributed by atoms with van der Waals surface area (Å²) < 4.78 is 0. The van der Waals surface area contributed by atoms with Crippen LogP contribution in [0.15, 0.2) is 12.7 Å². The summed E-state index contributed by atoms with van der Waals surface area (Å²) in [6.45, 7) is 16.1. The van der Waals surface area contributed by atoms with E-state index < -0.39 is 0 Å². The summed E-state index contributed by atoms with van der Waals surface area (Å²) >= 11 is 0. The molecule has 0 aromatic rings. The lowest BCUT2D eigenvalue weighted by Gasteiger charge is -2.29. The zero-order valence-corrected chi connectivity index (χ0v) is 9.85. The van der Waals surface area contributed by atoms with Gasteiger partial charge in [0.1, 0.15) is 0 Å². The molecule has 0 aliphatic rings. The molecule has 0 saturated carbocycles. The van der Waals surface area contributed by atoms with Gasteiger partial charge in [0.15, 0.2) is 0 Å². The van der Waals surface area contributed by atoms with Gasteiger partial charge in [-0.15, -0.1) is 6.58 Å². The first kappa shape index (κ1) is 12.7. The van der Waals surface area contributed by atoms with E-state index in [2.05, 4.69) is 52.6 Å². The molecule has 0 aromatic carbocycles. The third-order valence-corrected chi connectivity index (χ3v) is 2.28. The van der Waals surface area contributed by atoms with Crippen LogP contribution in [0.2, 0.25) is 0 Å². The van der Waals surface area contributed by atoms with Crippen LogP contribution in [0.5, 0.6) is 0 Å². The molecule has 1 nitrogen and oxygen atoms in total. The van der Waals surface area contributed by atoms with Crippen LogP contribution in [0.4, 0.5) is 0 Å². The summed E-state index contributed by atoms with van der Waals surface area (Å²) in [5.41, 5.74) is 0.248. The van der Waals surface area contributed by atoms with Crippen LogP contribution in [0.3, 0.4) is 0 Å². The van der Waals surface area contributed by atoms with E-state index in [1.54, 1.807) is 0 Å². The van der Waals surface area contributed by atoms with E-state index in [-0.39, 0.29) is 5.41 Å². The molecule has 78 valence electrons. The van der Waals surface area contributed by atoms with Crippen molar-refractivity contribution >= 4 is 0 Å². The summed E-state index contributed by atoms with van der Waals surface area (Å²) in [4.78, 5) is 0. The fraction of sp³-hybridized carbons (Fsp3) is 0.833. The smallest absolute Gasteiger partial charge is 0.00422 e. The standard InChI is InChI=1S/C12H25N/c1-7-12(6,8-10(2)3)9-13-11(4)5/h7,10-11,13H,1,8-9H2,2-6H3. The third-order valence-electron chi connectivity index (χ3n) is 2.28. The van der Waals surface area contributed by atoms with Crippen LogP contribution >= 0.6 is 0 Å². The minimum absolute atomic E-state index is 0.248. The van der Waals surface area contributed by atoms with Crippen molar-refractivity contribution in [2.75, 3.05) is 6.54 Å². The van der Waals surface area contributed by atoms with Gasteiger partial charge in [0.25, 0.3) is 0 Å². The van der Waals surface area contributed by atoms with Gasteiger partial charge < -0.3 is 5.32 Å². The first-order chi connectivity index (χ1) is 5.89. The van der Waals surface area contributed by atoms with Crippen LogP contribution in [-0.4, -0.2) is 12.6 Å². The molecular weight excluding hydrogens is 158 g/mol. The quantitative estimate of drug-likeness (QED) is 0.623. The Morgan fingerprint density at radius 2 is 1.85 bits per heavy atom. The van der Waals surface area contributed by atoms with Crippen LogP contribution < -0.4 is 5.32 Å². The summed E-state index contributed by atoms with van der Waals surface area (Å²) in [5.74, 6) is 0.733. The van der Waals surface area contributed by atoms with Crippen LogP contribution in [0, 0.1) is 11.3 Å². The second-order valence-electron chi connectivity index (χ2n) is 4.99. The van der Waals surface area contributed by atoms with Gasteiger partial charge in [0.05, 0.1) is 0 Å². The normalized spacial score (nSPS) is 16.2. The molecular formula is C12H25N. The van der Waals surface area contributed by atoms with Crippen molar-refractivity contribution in [1.82, 2.24) is 5.32 Å². The van der Waals surface area contributed by atoms with Gasteiger partial charge in [-0.25, -0.2) is 0 Å². The van der Waals surface area contributed by atoms with Crippen LogP contribution in [0.25, 0.3) is 0 Å². The SMILES string of the molecule is C=CC(C)(CNC(C)C)CC(C)C. The van der Waals surface area contributed by atoms with Gasteiger partial charge >= 0.3 is 0 Å². The highest BCUT2D eigenvalue weighted by atomic mass is 14.9. The highest BCUT2D eigenvalue weighted by Gasteiger charge is 2.21. The van der Waals surface area contributed by atoms with E-state index in [1.165, 1.54) is 6.42 Å². The zero-order valence-electron chi connectivity index (χ0n) is 9.85. The van der Waals surface area contributed by atoms with Gasteiger partial charge in [0, 0.05) is 12.6 Å². The molecule has 0 heterocycles. The predicted molar refractivity (Wildman–Crippen MR) is 60.9 cm³/mol. The van der Waals surface area contributed by atoms with E-state index in [1.807, 2.05) is 0 Å². The molecule has 0 bridgehead atoms. The van der Waals surface area contributed by atoms with E-state index in [0.29, 0.717) is 6.04 Å². The Labute approximate surface area is 83.6 Å². The maximum absolute atomic E-state index is 3.92.